The zero-order chi connectivity index (χ0) is 13.8. The van der Waals surface area contributed by atoms with Gasteiger partial charge in [0.1, 0.15) is 0 Å². The van der Waals surface area contributed by atoms with Crippen LogP contribution in [0.4, 0.5) is 0 Å². The van der Waals surface area contributed by atoms with Crippen molar-refractivity contribution in [3.8, 4) is 0 Å². The van der Waals surface area contributed by atoms with Crippen molar-refractivity contribution >= 4 is 0 Å². The Hall–Kier alpha value is -0.890. The average molecular weight is 262 g/mol. The number of hydrogen-bond acceptors (Lipinski definition) is 1. The summed E-state index contributed by atoms with van der Waals surface area (Å²) in [6.07, 6.45) is 8.54. The van der Waals surface area contributed by atoms with E-state index in [1.54, 1.807) is 0 Å². The average Bonchev–Trinajstić information content (AvgIpc) is 2.38. The lowest BCUT2D eigenvalue weighted by atomic mass is 9.75. The van der Waals surface area contributed by atoms with Gasteiger partial charge in [0.2, 0.25) is 0 Å². The molecule has 0 N–H and O–H groups in total. The minimum Gasteiger partial charge on any atom is -0.320 e. The van der Waals surface area contributed by atoms with Gasteiger partial charge in [0.25, 0.3) is 6.73 Å². The van der Waals surface area contributed by atoms with Gasteiger partial charge < -0.3 is 4.74 Å². The van der Waals surface area contributed by atoms with Crippen LogP contribution in [0.2, 0.25) is 0 Å². The number of hydrogen-bond donors (Lipinski definition) is 0. The van der Waals surface area contributed by atoms with Crippen LogP contribution in [0.1, 0.15) is 45.6 Å². The van der Waals surface area contributed by atoms with E-state index in [0.717, 1.165) is 17.8 Å². The highest BCUT2D eigenvalue weighted by Gasteiger charge is 2.31. The van der Waals surface area contributed by atoms with Crippen LogP contribution in [0, 0.1) is 24.7 Å². The molecule has 106 valence electrons. The van der Waals surface area contributed by atoms with E-state index in [9.17, 15) is 0 Å². The molecule has 0 spiro atoms. The van der Waals surface area contributed by atoms with Crippen LogP contribution >= 0.6 is 0 Å². The van der Waals surface area contributed by atoms with Gasteiger partial charge in [-0.15, -0.1) is 0 Å². The van der Waals surface area contributed by atoms with Crippen molar-refractivity contribution in [2.45, 2.75) is 59.8 Å². The highest BCUT2D eigenvalue weighted by molar-refractivity contribution is 5.03. The lowest BCUT2D eigenvalue weighted by Crippen LogP contribution is -2.41. The number of aryl methyl sites for hydroxylation is 1. The van der Waals surface area contributed by atoms with Crippen molar-refractivity contribution in [2.24, 2.45) is 17.8 Å². The Morgan fingerprint density at radius 1 is 1.26 bits per heavy atom. The molecule has 0 unspecified atom stereocenters. The summed E-state index contributed by atoms with van der Waals surface area (Å²) >= 11 is 0. The minimum atomic E-state index is 0.428. The lowest BCUT2D eigenvalue weighted by Gasteiger charge is -2.36. The van der Waals surface area contributed by atoms with E-state index in [2.05, 4.69) is 56.8 Å². The fourth-order valence-corrected chi connectivity index (χ4v) is 3.11. The monoisotopic (exact) mass is 262 g/mol. The van der Waals surface area contributed by atoms with Gasteiger partial charge in [-0.25, -0.2) is 0 Å². The van der Waals surface area contributed by atoms with Crippen LogP contribution in [-0.4, -0.2) is 6.10 Å². The number of rotatable bonds is 4. The van der Waals surface area contributed by atoms with Crippen LogP contribution in [-0.2, 0) is 11.5 Å². The summed E-state index contributed by atoms with van der Waals surface area (Å²) in [5.74, 6) is 2.26. The maximum Gasteiger partial charge on any atom is 0.252 e. The highest BCUT2D eigenvalue weighted by Crippen LogP contribution is 2.35. The van der Waals surface area contributed by atoms with Gasteiger partial charge in [-0.3, -0.25) is 0 Å². The predicted molar refractivity (Wildman–Crippen MR) is 77.6 cm³/mol. The summed E-state index contributed by atoms with van der Waals surface area (Å²) in [4.78, 5) is 0. The van der Waals surface area contributed by atoms with Crippen molar-refractivity contribution in [3.63, 3.8) is 0 Å². The first kappa shape index (κ1) is 14.5. The first-order valence-electron chi connectivity index (χ1n) is 7.63. The van der Waals surface area contributed by atoms with Crippen LogP contribution in [0.25, 0.3) is 0 Å². The smallest absolute Gasteiger partial charge is 0.252 e. The molecule has 0 saturated heterocycles. The zero-order valence-corrected chi connectivity index (χ0v) is 12.8. The highest BCUT2D eigenvalue weighted by atomic mass is 16.5. The van der Waals surface area contributed by atoms with Gasteiger partial charge in [-0.1, -0.05) is 27.2 Å². The summed E-state index contributed by atoms with van der Waals surface area (Å²) in [5.41, 5.74) is 1.29. The fourth-order valence-electron chi connectivity index (χ4n) is 3.11. The molecule has 1 fully saturated rings. The summed E-state index contributed by atoms with van der Waals surface area (Å²) < 4.78 is 8.34. The Bertz CT molecular complexity index is 385. The normalized spacial score (nSPS) is 27.7. The van der Waals surface area contributed by atoms with E-state index >= 15 is 0 Å². The van der Waals surface area contributed by atoms with Crippen LogP contribution in [0.15, 0.2) is 24.5 Å². The Morgan fingerprint density at radius 2 is 1.95 bits per heavy atom. The maximum absolute atomic E-state index is 6.22. The van der Waals surface area contributed by atoms with Gasteiger partial charge in [-0.2, -0.15) is 4.57 Å². The van der Waals surface area contributed by atoms with Gasteiger partial charge in [0.05, 0.1) is 6.10 Å². The van der Waals surface area contributed by atoms with E-state index in [0.29, 0.717) is 12.8 Å². The van der Waals surface area contributed by atoms with Gasteiger partial charge >= 0.3 is 0 Å². The topological polar surface area (TPSA) is 13.1 Å². The van der Waals surface area contributed by atoms with Crippen LogP contribution in [0.3, 0.4) is 0 Å². The molecule has 0 radical (unpaired) electrons. The van der Waals surface area contributed by atoms with Gasteiger partial charge in [-0.05, 0) is 43.1 Å². The van der Waals surface area contributed by atoms with E-state index in [-0.39, 0.29) is 0 Å². The molecule has 1 heterocycles. The van der Waals surface area contributed by atoms with Crippen molar-refractivity contribution in [2.75, 3.05) is 0 Å². The quantitative estimate of drug-likeness (QED) is 0.754. The minimum absolute atomic E-state index is 0.428. The molecule has 1 aliphatic rings. The largest absolute Gasteiger partial charge is 0.320 e. The van der Waals surface area contributed by atoms with E-state index in [1.165, 1.54) is 24.8 Å². The number of pyridine rings is 1. The van der Waals surface area contributed by atoms with E-state index in [1.807, 2.05) is 0 Å². The molecular formula is C17H28NO+. The molecule has 1 aromatic rings. The lowest BCUT2D eigenvalue weighted by molar-refractivity contribution is -0.735. The van der Waals surface area contributed by atoms with Crippen molar-refractivity contribution in [3.05, 3.63) is 30.1 Å². The third-order valence-corrected chi connectivity index (χ3v) is 4.46. The third kappa shape index (κ3) is 4.04. The summed E-state index contributed by atoms with van der Waals surface area (Å²) in [6.45, 7) is 9.81. The van der Waals surface area contributed by atoms with Crippen molar-refractivity contribution in [1.82, 2.24) is 0 Å². The molecule has 0 aromatic carbocycles. The molecule has 2 heteroatoms. The van der Waals surface area contributed by atoms with Crippen molar-refractivity contribution < 1.29 is 9.30 Å². The molecule has 0 bridgehead atoms. The molecule has 19 heavy (non-hydrogen) atoms. The molecule has 0 amide bonds. The molecule has 2 rings (SSSR count). The summed E-state index contributed by atoms with van der Waals surface area (Å²) in [5, 5.41) is 0. The molecular weight excluding hydrogens is 234 g/mol. The van der Waals surface area contributed by atoms with Gasteiger partial charge in [0, 0.05) is 12.1 Å². The van der Waals surface area contributed by atoms with Crippen LogP contribution in [0.5, 0.6) is 0 Å². The molecule has 3 atom stereocenters. The molecule has 2 nitrogen and oxygen atoms in total. The zero-order valence-electron chi connectivity index (χ0n) is 12.8. The second-order valence-corrected chi connectivity index (χ2v) is 6.55. The van der Waals surface area contributed by atoms with Crippen LogP contribution < -0.4 is 4.57 Å². The fraction of sp³-hybridized carbons (Fsp3) is 0.706. The molecule has 1 aliphatic carbocycles. The molecule has 0 aliphatic heterocycles. The predicted octanol–water partition coefficient (Wildman–Crippen LogP) is 3.72. The van der Waals surface area contributed by atoms with Gasteiger partial charge in [0.15, 0.2) is 12.4 Å². The number of ether oxygens (including phenoxy) is 1. The van der Waals surface area contributed by atoms with E-state index < -0.39 is 0 Å². The summed E-state index contributed by atoms with van der Waals surface area (Å²) in [6, 6.07) is 4.26. The molecule has 1 saturated carbocycles. The SMILES string of the molecule is Cc1cc[n+](CO[C@@H]2C[C@H](C)CC[C@H]2C(C)C)cc1. The first-order chi connectivity index (χ1) is 9.06. The third-order valence-electron chi connectivity index (χ3n) is 4.46. The Labute approximate surface area is 117 Å². The van der Waals surface area contributed by atoms with E-state index in [4.69, 9.17) is 4.74 Å². The maximum atomic E-state index is 6.22. The standard InChI is InChI=1S/C17H28NO/c1-13(2)16-6-5-15(4)11-17(16)19-12-18-9-7-14(3)8-10-18/h7-10,13,15-17H,5-6,11-12H2,1-4H3/q+1/t15-,16+,17-/m1/s1. The Morgan fingerprint density at radius 3 is 2.58 bits per heavy atom. The van der Waals surface area contributed by atoms with Crippen molar-refractivity contribution in [1.29, 1.82) is 0 Å². The second kappa shape index (κ2) is 6.51. The Kier molecular flexibility index (Phi) is 4.98. The second-order valence-electron chi connectivity index (χ2n) is 6.55. The Balaban J connectivity index is 1.93. The first-order valence-corrected chi connectivity index (χ1v) is 7.63. The molecule has 1 aromatic heterocycles. The summed E-state index contributed by atoms with van der Waals surface area (Å²) in [7, 11) is 0. The number of nitrogens with zero attached hydrogens (tertiary/aromatic N) is 1. The number of aromatic nitrogens is 1.